The van der Waals surface area contributed by atoms with E-state index in [9.17, 15) is 0 Å². The van der Waals surface area contributed by atoms with Crippen LogP contribution in [-0.4, -0.2) is 49.7 Å². The molecule has 0 spiro atoms. The summed E-state index contributed by atoms with van der Waals surface area (Å²) < 4.78 is 2.11. The number of hydrogen-bond acceptors (Lipinski definition) is 5. The van der Waals surface area contributed by atoms with Crippen molar-refractivity contribution < 1.29 is 0 Å². The lowest BCUT2D eigenvalue weighted by Gasteiger charge is -2.35. The van der Waals surface area contributed by atoms with E-state index >= 15 is 0 Å². The summed E-state index contributed by atoms with van der Waals surface area (Å²) in [6.07, 6.45) is 8.62. The predicted molar refractivity (Wildman–Crippen MR) is 86.1 cm³/mol. The molecule has 0 bridgehead atoms. The summed E-state index contributed by atoms with van der Waals surface area (Å²) in [4.78, 5) is 7.04. The molecule has 1 N–H and O–H groups in total. The number of likely N-dealkylation sites (tertiary alicyclic amines) is 1. The Morgan fingerprint density at radius 1 is 1.14 bits per heavy atom. The molecule has 2 aromatic rings. The monoisotopic (exact) mass is 300 g/mol. The zero-order valence-electron chi connectivity index (χ0n) is 13.4. The Bertz CT molecular complexity index is 652. The molecular weight excluding hydrogens is 276 g/mol. The minimum absolute atomic E-state index is 0.481. The maximum Gasteiger partial charge on any atom is 0.203 e. The minimum Gasteiger partial charge on any atom is -0.364 e. The first kappa shape index (κ1) is 13.9. The van der Waals surface area contributed by atoms with E-state index in [4.69, 9.17) is 0 Å². The first-order valence-electron chi connectivity index (χ1n) is 8.42. The van der Waals surface area contributed by atoms with Crippen molar-refractivity contribution in [3.63, 3.8) is 0 Å². The highest BCUT2D eigenvalue weighted by atomic mass is 15.3. The Morgan fingerprint density at radius 3 is 2.59 bits per heavy atom. The first-order valence-corrected chi connectivity index (χ1v) is 8.42. The molecule has 0 atom stereocenters. The van der Waals surface area contributed by atoms with Crippen LogP contribution >= 0.6 is 0 Å². The number of rotatable bonds is 4. The van der Waals surface area contributed by atoms with Gasteiger partial charge < -0.3 is 10.2 Å². The van der Waals surface area contributed by atoms with Gasteiger partial charge in [-0.3, -0.25) is 4.40 Å². The fraction of sp³-hybridized carbons (Fsp3) is 0.688. The third kappa shape index (κ3) is 2.56. The Morgan fingerprint density at radius 2 is 1.91 bits per heavy atom. The molecular formula is C16H24N6. The van der Waals surface area contributed by atoms with E-state index in [-0.39, 0.29) is 0 Å². The van der Waals surface area contributed by atoms with E-state index in [2.05, 4.69) is 43.6 Å². The van der Waals surface area contributed by atoms with Crippen LogP contribution in [0.25, 0.3) is 5.65 Å². The molecule has 4 rings (SSSR count). The molecule has 118 valence electrons. The van der Waals surface area contributed by atoms with Crippen molar-refractivity contribution in [3.8, 4) is 0 Å². The van der Waals surface area contributed by atoms with Crippen LogP contribution in [0.5, 0.6) is 0 Å². The summed E-state index contributed by atoms with van der Waals surface area (Å²) in [5.41, 5.74) is 0.871. The van der Waals surface area contributed by atoms with Crippen molar-refractivity contribution in [2.24, 2.45) is 0 Å². The highest BCUT2D eigenvalue weighted by Gasteiger charge is 2.29. The quantitative estimate of drug-likeness (QED) is 0.939. The van der Waals surface area contributed by atoms with Crippen LogP contribution in [-0.2, 0) is 0 Å². The van der Waals surface area contributed by atoms with Crippen molar-refractivity contribution in [1.29, 1.82) is 0 Å². The van der Waals surface area contributed by atoms with Gasteiger partial charge in [0.05, 0.1) is 0 Å². The number of hydrogen-bond donors (Lipinski definition) is 1. The molecule has 0 amide bonds. The molecule has 6 nitrogen and oxygen atoms in total. The maximum absolute atomic E-state index is 4.50. The maximum atomic E-state index is 4.50. The second-order valence-electron chi connectivity index (χ2n) is 6.85. The molecule has 1 saturated carbocycles. The summed E-state index contributed by atoms with van der Waals surface area (Å²) >= 11 is 0. The van der Waals surface area contributed by atoms with E-state index in [0.29, 0.717) is 18.0 Å². The molecule has 2 aliphatic rings. The van der Waals surface area contributed by atoms with Gasteiger partial charge in [0.1, 0.15) is 5.82 Å². The Labute approximate surface area is 130 Å². The van der Waals surface area contributed by atoms with Gasteiger partial charge in [0.2, 0.25) is 5.65 Å². The van der Waals surface area contributed by atoms with Crippen LogP contribution in [0.2, 0.25) is 0 Å². The highest BCUT2D eigenvalue weighted by molar-refractivity contribution is 5.62. The van der Waals surface area contributed by atoms with E-state index in [1.807, 2.05) is 12.4 Å². The van der Waals surface area contributed by atoms with Crippen LogP contribution in [0, 0.1) is 0 Å². The second-order valence-corrected chi connectivity index (χ2v) is 6.85. The minimum atomic E-state index is 0.481. The second kappa shape index (κ2) is 5.50. The lowest BCUT2D eigenvalue weighted by atomic mass is 10.0. The first-order chi connectivity index (χ1) is 10.7. The summed E-state index contributed by atoms with van der Waals surface area (Å²) in [5, 5.41) is 12.3. The molecule has 6 heteroatoms. The normalized spacial score (nSPS) is 20.9. The van der Waals surface area contributed by atoms with Crippen molar-refractivity contribution in [1.82, 2.24) is 24.5 Å². The van der Waals surface area contributed by atoms with Gasteiger partial charge in [-0.2, -0.15) is 0 Å². The van der Waals surface area contributed by atoms with E-state index < -0.39 is 0 Å². The fourth-order valence-corrected chi connectivity index (χ4v) is 3.32. The average molecular weight is 300 g/mol. The number of nitrogens with one attached hydrogen (secondary N) is 1. The number of anilines is 1. The zero-order chi connectivity index (χ0) is 15.1. The molecule has 22 heavy (non-hydrogen) atoms. The Hall–Kier alpha value is -1.69. The van der Waals surface area contributed by atoms with E-state index in [1.165, 1.54) is 12.8 Å². The van der Waals surface area contributed by atoms with Crippen molar-refractivity contribution in [2.75, 3.05) is 18.4 Å². The summed E-state index contributed by atoms with van der Waals surface area (Å²) in [5.74, 6) is 2.57. The van der Waals surface area contributed by atoms with E-state index in [0.717, 1.165) is 43.2 Å². The third-order valence-electron chi connectivity index (χ3n) is 4.90. The SMILES string of the molecule is CC(C)N1CCC(Nc2nccn3c(C4CC4)nnc23)CC1. The molecule has 0 unspecified atom stereocenters. The van der Waals surface area contributed by atoms with Crippen molar-refractivity contribution in [3.05, 3.63) is 18.2 Å². The number of aromatic nitrogens is 4. The smallest absolute Gasteiger partial charge is 0.203 e. The third-order valence-corrected chi connectivity index (χ3v) is 4.90. The lowest BCUT2D eigenvalue weighted by molar-refractivity contribution is 0.177. The van der Waals surface area contributed by atoms with Crippen LogP contribution in [0.3, 0.4) is 0 Å². The van der Waals surface area contributed by atoms with Gasteiger partial charge in [0.25, 0.3) is 0 Å². The molecule has 1 aliphatic carbocycles. The van der Waals surface area contributed by atoms with Gasteiger partial charge >= 0.3 is 0 Å². The average Bonchev–Trinajstić information content (AvgIpc) is 3.27. The summed E-state index contributed by atoms with van der Waals surface area (Å²) in [6, 6.07) is 1.12. The van der Waals surface area contributed by atoms with Crippen molar-refractivity contribution in [2.45, 2.75) is 57.5 Å². The van der Waals surface area contributed by atoms with Crippen LogP contribution in [0.1, 0.15) is 51.3 Å². The number of nitrogens with zero attached hydrogens (tertiary/aromatic N) is 5. The van der Waals surface area contributed by atoms with Gasteiger partial charge in [-0.1, -0.05) is 0 Å². The number of piperidine rings is 1. The van der Waals surface area contributed by atoms with Gasteiger partial charge in [0, 0.05) is 43.5 Å². The molecule has 1 aliphatic heterocycles. The highest BCUT2D eigenvalue weighted by Crippen LogP contribution is 2.39. The topological polar surface area (TPSA) is 58.4 Å². The Balaban J connectivity index is 1.50. The molecule has 0 aromatic carbocycles. The fourth-order valence-electron chi connectivity index (χ4n) is 3.32. The molecule has 2 fully saturated rings. The summed E-state index contributed by atoms with van der Waals surface area (Å²) in [7, 11) is 0. The summed E-state index contributed by atoms with van der Waals surface area (Å²) in [6.45, 7) is 6.84. The van der Waals surface area contributed by atoms with E-state index in [1.54, 1.807) is 0 Å². The van der Waals surface area contributed by atoms with Gasteiger partial charge in [-0.05, 0) is 39.5 Å². The van der Waals surface area contributed by atoms with Crippen LogP contribution < -0.4 is 5.32 Å². The molecule has 1 saturated heterocycles. The van der Waals surface area contributed by atoms with Crippen LogP contribution in [0.4, 0.5) is 5.82 Å². The van der Waals surface area contributed by atoms with Gasteiger partial charge in [-0.15, -0.1) is 10.2 Å². The van der Waals surface area contributed by atoms with Gasteiger partial charge in [0.15, 0.2) is 5.82 Å². The van der Waals surface area contributed by atoms with Gasteiger partial charge in [-0.25, -0.2) is 4.98 Å². The van der Waals surface area contributed by atoms with Crippen molar-refractivity contribution >= 4 is 11.5 Å². The molecule has 3 heterocycles. The van der Waals surface area contributed by atoms with Crippen LogP contribution in [0.15, 0.2) is 12.4 Å². The number of fused-ring (bicyclic) bond motifs is 1. The molecule has 2 aromatic heterocycles. The molecule has 0 radical (unpaired) electrons. The largest absolute Gasteiger partial charge is 0.364 e. The Kier molecular flexibility index (Phi) is 3.48. The zero-order valence-corrected chi connectivity index (χ0v) is 13.4. The predicted octanol–water partition coefficient (Wildman–Crippen LogP) is 2.29. The standard InChI is InChI=1S/C16H24N6/c1-11(2)21-8-5-13(6-9-21)18-14-16-20-19-15(12-3-4-12)22(16)10-7-17-14/h7,10-13H,3-6,8-9H2,1-2H3,(H,17,18). The lowest BCUT2D eigenvalue weighted by Crippen LogP contribution is -2.42.